The monoisotopic (exact) mass is 333 g/mol. The molecule has 0 saturated heterocycles. The average molecular weight is 334 g/mol. The molecule has 1 heterocycles. The molecule has 0 saturated carbocycles. The van der Waals surface area contributed by atoms with Gasteiger partial charge in [-0.1, -0.05) is 23.7 Å². The van der Waals surface area contributed by atoms with Gasteiger partial charge in [0.25, 0.3) is 0 Å². The number of hydrogen-bond donors (Lipinski definition) is 1. The third-order valence-electron chi connectivity index (χ3n) is 4.89. The summed E-state index contributed by atoms with van der Waals surface area (Å²) in [7, 11) is 0. The lowest BCUT2D eigenvalue weighted by Crippen LogP contribution is -3.00. The molecule has 0 fully saturated rings. The van der Waals surface area contributed by atoms with Crippen molar-refractivity contribution in [2.24, 2.45) is 0 Å². The Morgan fingerprint density at radius 3 is 2.00 bits per heavy atom. The van der Waals surface area contributed by atoms with E-state index in [0.717, 1.165) is 42.6 Å². The Hall–Kier alpha value is -1.25. The van der Waals surface area contributed by atoms with Crippen molar-refractivity contribution in [2.75, 3.05) is 0 Å². The summed E-state index contributed by atoms with van der Waals surface area (Å²) in [5.74, 6) is 0. The minimum atomic E-state index is 0. The molecule has 0 aliphatic heterocycles. The molecule has 22 heavy (non-hydrogen) atoms. The number of nitrogens with one attached hydrogen (secondary N) is 1. The summed E-state index contributed by atoms with van der Waals surface area (Å²) >= 11 is 5.99. The van der Waals surface area contributed by atoms with Crippen LogP contribution < -0.4 is 17.8 Å². The molecule has 4 heteroatoms. The molecular formula is C18H19Cl2N2-. The summed E-state index contributed by atoms with van der Waals surface area (Å²) in [6.45, 7) is 0.919. The predicted octanol–water partition coefficient (Wildman–Crippen LogP) is 0.651. The van der Waals surface area contributed by atoms with Crippen LogP contribution >= 0.6 is 11.6 Å². The Morgan fingerprint density at radius 2 is 1.45 bits per heavy atom. The first kappa shape index (κ1) is 15.6. The first-order valence-corrected chi connectivity index (χ1v) is 8.17. The summed E-state index contributed by atoms with van der Waals surface area (Å²) in [6, 6.07) is 8.17. The molecule has 4 rings (SSSR count). The summed E-state index contributed by atoms with van der Waals surface area (Å²) in [4.78, 5) is 0. The number of rotatable bonds is 2. The van der Waals surface area contributed by atoms with E-state index in [4.69, 9.17) is 17.0 Å². The van der Waals surface area contributed by atoms with Gasteiger partial charge in [0, 0.05) is 23.0 Å². The topological polar surface area (TPSA) is 28.8 Å². The normalized spacial score (nSPS) is 15.3. The molecule has 0 amide bonds. The van der Waals surface area contributed by atoms with Gasteiger partial charge in [0.05, 0.1) is 5.36 Å². The molecule has 1 aromatic carbocycles. The van der Waals surface area contributed by atoms with Crippen LogP contribution in [-0.2, 0) is 32.2 Å². The first-order chi connectivity index (χ1) is 10.2. The van der Waals surface area contributed by atoms with E-state index in [2.05, 4.69) is 16.7 Å². The van der Waals surface area contributed by atoms with E-state index in [0.29, 0.717) is 0 Å². The van der Waals surface area contributed by atoms with Gasteiger partial charge >= 0.3 is 0 Å². The quantitative estimate of drug-likeness (QED) is 0.836. The molecule has 2 nitrogen and oxygen atoms in total. The highest BCUT2D eigenvalue weighted by molar-refractivity contribution is 6.30. The summed E-state index contributed by atoms with van der Waals surface area (Å²) in [5, 5.41) is 10.1. The zero-order valence-electron chi connectivity index (χ0n) is 12.5. The smallest absolute Gasteiger partial charge is 0.0638 e. The maximum Gasteiger partial charge on any atom is 0.0638 e. The van der Waals surface area contributed by atoms with Gasteiger partial charge in [-0.25, -0.2) is 0 Å². The Morgan fingerprint density at radius 1 is 0.909 bits per heavy atom. The van der Waals surface area contributed by atoms with Gasteiger partial charge in [-0.3, -0.25) is 0 Å². The van der Waals surface area contributed by atoms with Crippen molar-refractivity contribution >= 4 is 11.6 Å². The SMILES string of the molecule is N=c1c2c(n(Cc3ccc(Cl)cc3)c3c1CCC3)CCC2.[Cl-]. The molecule has 0 atom stereocenters. The zero-order valence-corrected chi connectivity index (χ0v) is 14.0. The Kier molecular flexibility index (Phi) is 4.33. The van der Waals surface area contributed by atoms with E-state index in [-0.39, 0.29) is 12.4 Å². The molecule has 0 radical (unpaired) electrons. The van der Waals surface area contributed by atoms with Crippen LogP contribution in [-0.4, -0.2) is 4.57 Å². The molecular weight excluding hydrogens is 315 g/mol. The minimum absolute atomic E-state index is 0. The molecule has 2 aliphatic carbocycles. The van der Waals surface area contributed by atoms with Gasteiger partial charge in [0.1, 0.15) is 0 Å². The number of fused-ring (bicyclic) bond motifs is 2. The summed E-state index contributed by atoms with van der Waals surface area (Å²) < 4.78 is 2.51. The Bertz CT molecular complexity index is 722. The number of nitrogens with zero attached hydrogens (tertiary/aromatic N) is 1. The molecule has 1 N–H and O–H groups in total. The van der Waals surface area contributed by atoms with Crippen molar-refractivity contribution in [3.8, 4) is 0 Å². The number of hydrogen-bond acceptors (Lipinski definition) is 1. The number of aromatic nitrogens is 1. The highest BCUT2D eigenvalue weighted by Gasteiger charge is 2.25. The highest BCUT2D eigenvalue weighted by Crippen LogP contribution is 2.28. The van der Waals surface area contributed by atoms with E-state index in [1.165, 1.54) is 40.9 Å². The lowest BCUT2D eigenvalue weighted by Gasteiger charge is -2.19. The zero-order chi connectivity index (χ0) is 14.4. The minimum Gasteiger partial charge on any atom is -1.00 e. The number of halogens is 2. The fourth-order valence-electron chi connectivity index (χ4n) is 3.90. The van der Waals surface area contributed by atoms with Gasteiger partial charge in [0.15, 0.2) is 0 Å². The van der Waals surface area contributed by atoms with Crippen LogP contribution in [0.15, 0.2) is 24.3 Å². The van der Waals surface area contributed by atoms with Crippen LogP contribution in [0.4, 0.5) is 0 Å². The third-order valence-corrected chi connectivity index (χ3v) is 5.14. The molecule has 116 valence electrons. The second-order valence-electron chi connectivity index (χ2n) is 6.15. The van der Waals surface area contributed by atoms with E-state index >= 15 is 0 Å². The fourth-order valence-corrected chi connectivity index (χ4v) is 4.02. The second-order valence-corrected chi connectivity index (χ2v) is 6.58. The maximum absolute atomic E-state index is 8.48. The summed E-state index contributed by atoms with van der Waals surface area (Å²) in [5.41, 5.74) is 6.74. The van der Waals surface area contributed by atoms with Crippen molar-refractivity contribution in [3.63, 3.8) is 0 Å². The van der Waals surface area contributed by atoms with Crippen molar-refractivity contribution in [2.45, 2.75) is 45.1 Å². The molecule has 0 unspecified atom stereocenters. The molecule has 2 aromatic rings. The average Bonchev–Trinajstić information content (AvgIpc) is 3.15. The number of pyridine rings is 1. The molecule has 1 aromatic heterocycles. The van der Waals surface area contributed by atoms with Crippen LogP contribution in [0.5, 0.6) is 0 Å². The van der Waals surface area contributed by atoms with Gasteiger partial charge in [-0.05, 0) is 67.3 Å². The van der Waals surface area contributed by atoms with Crippen LogP contribution in [0.2, 0.25) is 5.02 Å². The van der Waals surface area contributed by atoms with Crippen molar-refractivity contribution < 1.29 is 12.4 Å². The third kappa shape index (κ3) is 2.49. The largest absolute Gasteiger partial charge is 1.00 e. The maximum atomic E-state index is 8.48. The van der Waals surface area contributed by atoms with Crippen LogP contribution in [0.25, 0.3) is 0 Å². The van der Waals surface area contributed by atoms with Crippen LogP contribution in [0.3, 0.4) is 0 Å². The van der Waals surface area contributed by atoms with E-state index in [1.54, 1.807) is 0 Å². The first-order valence-electron chi connectivity index (χ1n) is 7.79. The van der Waals surface area contributed by atoms with Gasteiger partial charge in [-0.2, -0.15) is 0 Å². The Balaban J connectivity index is 0.00000144. The van der Waals surface area contributed by atoms with Crippen molar-refractivity contribution in [3.05, 3.63) is 62.7 Å². The molecule has 0 spiro atoms. The van der Waals surface area contributed by atoms with E-state index in [9.17, 15) is 0 Å². The standard InChI is InChI=1S/C18H19ClN2.ClH/c19-13-9-7-12(8-10-13)11-21-16-5-1-3-14(16)18(20)15-4-2-6-17(15)21;/h7-10,20H,1-6,11H2;1H/p-1. The van der Waals surface area contributed by atoms with Gasteiger partial charge in [-0.15, -0.1) is 0 Å². The number of benzene rings is 1. The van der Waals surface area contributed by atoms with Crippen LogP contribution in [0, 0.1) is 5.41 Å². The lowest BCUT2D eigenvalue weighted by molar-refractivity contribution is -0.00000439. The van der Waals surface area contributed by atoms with Gasteiger partial charge < -0.3 is 22.4 Å². The van der Waals surface area contributed by atoms with E-state index in [1.807, 2.05) is 12.1 Å². The fraction of sp³-hybridized carbons (Fsp3) is 0.389. The van der Waals surface area contributed by atoms with E-state index < -0.39 is 0 Å². The van der Waals surface area contributed by atoms with Crippen LogP contribution in [0.1, 0.15) is 40.9 Å². The molecule has 0 bridgehead atoms. The second kappa shape index (κ2) is 6.10. The molecule has 2 aliphatic rings. The predicted molar refractivity (Wildman–Crippen MR) is 84.9 cm³/mol. The highest BCUT2D eigenvalue weighted by atomic mass is 35.5. The van der Waals surface area contributed by atoms with Gasteiger partial charge in [0.2, 0.25) is 0 Å². The lowest BCUT2D eigenvalue weighted by atomic mass is 10.1. The van der Waals surface area contributed by atoms with Crippen molar-refractivity contribution in [1.82, 2.24) is 4.57 Å². The summed E-state index contributed by atoms with van der Waals surface area (Å²) in [6.07, 6.45) is 6.82. The Labute approximate surface area is 142 Å². The van der Waals surface area contributed by atoms with Crippen molar-refractivity contribution in [1.29, 1.82) is 5.41 Å².